The SMILES string of the molecule is CNc1ccncc1S(=O)(=O)NC1CCCNC1=O. The van der Waals surface area contributed by atoms with Crippen molar-refractivity contribution in [3.8, 4) is 0 Å². The highest BCUT2D eigenvalue weighted by Crippen LogP contribution is 2.19. The molecule has 0 radical (unpaired) electrons. The third-order valence-electron chi connectivity index (χ3n) is 2.93. The van der Waals surface area contributed by atoms with Crippen LogP contribution in [0, 0.1) is 0 Å². The third-order valence-corrected chi connectivity index (χ3v) is 4.43. The highest BCUT2D eigenvalue weighted by molar-refractivity contribution is 7.89. The first-order valence-corrected chi connectivity index (χ1v) is 7.45. The number of nitrogens with zero attached hydrogens (tertiary/aromatic N) is 1. The third kappa shape index (κ3) is 3.02. The maximum absolute atomic E-state index is 12.3. The van der Waals surface area contributed by atoms with Crippen LogP contribution in [-0.4, -0.2) is 38.9 Å². The van der Waals surface area contributed by atoms with E-state index in [0.29, 0.717) is 18.7 Å². The average molecular weight is 284 g/mol. The van der Waals surface area contributed by atoms with Crippen LogP contribution in [0.25, 0.3) is 0 Å². The number of nitrogens with one attached hydrogen (secondary N) is 3. The van der Waals surface area contributed by atoms with Crippen LogP contribution >= 0.6 is 0 Å². The van der Waals surface area contributed by atoms with Crippen molar-refractivity contribution in [1.82, 2.24) is 15.0 Å². The topological polar surface area (TPSA) is 100 Å². The summed E-state index contributed by atoms with van der Waals surface area (Å²) in [5, 5.41) is 5.43. The molecule has 3 N–H and O–H groups in total. The van der Waals surface area contributed by atoms with Gasteiger partial charge in [0.2, 0.25) is 15.9 Å². The van der Waals surface area contributed by atoms with E-state index >= 15 is 0 Å². The molecule has 1 aromatic rings. The van der Waals surface area contributed by atoms with Crippen molar-refractivity contribution in [1.29, 1.82) is 0 Å². The lowest BCUT2D eigenvalue weighted by atomic mass is 10.1. The fraction of sp³-hybridized carbons (Fsp3) is 0.455. The molecule has 1 aliphatic rings. The van der Waals surface area contributed by atoms with Crippen molar-refractivity contribution >= 4 is 21.6 Å². The Kier molecular flexibility index (Phi) is 4.01. The van der Waals surface area contributed by atoms with E-state index in [1.165, 1.54) is 12.4 Å². The summed E-state index contributed by atoms with van der Waals surface area (Å²) in [7, 11) is -2.14. The van der Waals surface area contributed by atoms with Crippen molar-refractivity contribution in [2.75, 3.05) is 18.9 Å². The Balaban J connectivity index is 2.24. The Hall–Kier alpha value is -1.67. The maximum atomic E-state index is 12.3. The number of carbonyl (C=O) groups excluding carboxylic acids is 1. The quantitative estimate of drug-likeness (QED) is 0.703. The molecule has 1 aliphatic heterocycles. The zero-order valence-electron chi connectivity index (χ0n) is 10.5. The van der Waals surface area contributed by atoms with Crippen LogP contribution in [0.2, 0.25) is 0 Å². The number of carbonyl (C=O) groups is 1. The largest absolute Gasteiger partial charge is 0.387 e. The lowest BCUT2D eigenvalue weighted by Gasteiger charge is -2.23. The molecule has 1 aromatic heterocycles. The molecule has 0 saturated carbocycles. The van der Waals surface area contributed by atoms with Gasteiger partial charge in [0.15, 0.2) is 0 Å². The zero-order chi connectivity index (χ0) is 13.9. The molecule has 0 bridgehead atoms. The van der Waals surface area contributed by atoms with Crippen molar-refractivity contribution in [3.05, 3.63) is 18.5 Å². The number of amides is 1. The normalized spacial score (nSPS) is 19.8. The second kappa shape index (κ2) is 5.54. The van der Waals surface area contributed by atoms with Crippen LogP contribution in [0.4, 0.5) is 5.69 Å². The van der Waals surface area contributed by atoms with E-state index in [-0.39, 0.29) is 10.8 Å². The van der Waals surface area contributed by atoms with Gasteiger partial charge in [-0.25, -0.2) is 8.42 Å². The Labute approximate surface area is 111 Å². The van der Waals surface area contributed by atoms with Crippen molar-refractivity contribution in [2.24, 2.45) is 0 Å². The average Bonchev–Trinajstić information content (AvgIpc) is 2.41. The molecule has 1 saturated heterocycles. The second-order valence-corrected chi connectivity index (χ2v) is 5.91. The molecule has 8 heteroatoms. The molecule has 1 unspecified atom stereocenters. The second-order valence-electron chi connectivity index (χ2n) is 4.23. The van der Waals surface area contributed by atoms with Gasteiger partial charge in [-0.3, -0.25) is 9.78 Å². The monoisotopic (exact) mass is 284 g/mol. The van der Waals surface area contributed by atoms with E-state index in [4.69, 9.17) is 0 Å². The van der Waals surface area contributed by atoms with Gasteiger partial charge in [-0.05, 0) is 18.9 Å². The molecule has 7 nitrogen and oxygen atoms in total. The number of hydrogen-bond acceptors (Lipinski definition) is 5. The fourth-order valence-corrected chi connectivity index (χ4v) is 3.32. The highest BCUT2D eigenvalue weighted by Gasteiger charge is 2.28. The Bertz CT molecular complexity index is 573. The van der Waals surface area contributed by atoms with Gasteiger partial charge in [-0.15, -0.1) is 0 Å². The Morgan fingerprint density at radius 1 is 1.47 bits per heavy atom. The first-order chi connectivity index (χ1) is 9.04. The zero-order valence-corrected chi connectivity index (χ0v) is 11.3. The van der Waals surface area contributed by atoms with Gasteiger partial charge in [0, 0.05) is 26.0 Å². The lowest BCUT2D eigenvalue weighted by Crippen LogP contribution is -2.50. The van der Waals surface area contributed by atoms with Gasteiger partial charge in [-0.2, -0.15) is 4.72 Å². The van der Waals surface area contributed by atoms with E-state index in [1.807, 2.05) is 0 Å². The molecule has 1 amide bonds. The lowest BCUT2D eigenvalue weighted by molar-refractivity contribution is -0.124. The summed E-state index contributed by atoms with van der Waals surface area (Å²) in [6.45, 7) is 0.589. The molecule has 0 aliphatic carbocycles. The van der Waals surface area contributed by atoms with E-state index in [2.05, 4.69) is 20.3 Å². The van der Waals surface area contributed by atoms with Crippen molar-refractivity contribution < 1.29 is 13.2 Å². The van der Waals surface area contributed by atoms with Crippen LogP contribution in [0.1, 0.15) is 12.8 Å². The first kappa shape index (κ1) is 13.8. The van der Waals surface area contributed by atoms with Crippen LogP contribution in [0.15, 0.2) is 23.4 Å². The standard InChI is InChI=1S/C11H16N4O3S/c1-12-8-4-6-13-7-10(8)19(17,18)15-9-3-2-5-14-11(9)16/h4,6-7,9,15H,2-3,5H2,1H3,(H,12,13)(H,14,16). The number of aromatic nitrogens is 1. The van der Waals surface area contributed by atoms with Gasteiger partial charge in [0.1, 0.15) is 10.9 Å². The summed E-state index contributed by atoms with van der Waals surface area (Å²) in [5.41, 5.74) is 0.443. The summed E-state index contributed by atoms with van der Waals surface area (Å²) < 4.78 is 26.9. The molecule has 19 heavy (non-hydrogen) atoms. The summed E-state index contributed by atoms with van der Waals surface area (Å²) in [6, 6.07) is 0.846. The molecule has 1 atom stereocenters. The Morgan fingerprint density at radius 3 is 2.95 bits per heavy atom. The van der Waals surface area contributed by atoms with Gasteiger partial charge >= 0.3 is 0 Å². The predicted molar refractivity (Wildman–Crippen MR) is 70.1 cm³/mol. The summed E-state index contributed by atoms with van der Waals surface area (Å²) in [6.07, 6.45) is 4.01. The molecule has 1 fully saturated rings. The highest BCUT2D eigenvalue weighted by atomic mass is 32.2. The molecule has 2 rings (SSSR count). The molecule has 104 valence electrons. The number of piperidine rings is 1. The van der Waals surface area contributed by atoms with E-state index < -0.39 is 16.1 Å². The molecule has 0 spiro atoms. The van der Waals surface area contributed by atoms with Crippen LogP contribution < -0.4 is 15.4 Å². The minimum Gasteiger partial charge on any atom is -0.387 e. The predicted octanol–water partition coefficient (Wildman–Crippen LogP) is -0.320. The molecular formula is C11H16N4O3S. The number of anilines is 1. The number of hydrogen-bond donors (Lipinski definition) is 3. The molecular weight excluding hydrogens is 268 g/mol. The van der Waals surface area contributed by atoms with E-state index in [1.54, 1.807) is 13.1 Å². The Morgan fingerprint density at radius 2 is 2.26 bits per heavy atom. The van der Waals surface area contributed by atoms with Gasteiger partial charge < -0.3 is 10.6 Å². The minimum absolute atomic E-state index is 0.0378. The van der Waals surface area contributed by atoms with Gasteiger partial charge in [-0.1, -0.05) is 0 Å². The number of pyridine rings is 1. The van der Waals surface area contributed by atoms with Gasteiger partial charge in [0.05, 0.1) is 5.69 Å². The summed E-state index contributed by atoms with van der Waals surface area (Å²) in [5.74, 6) is -0.287. The number of sulfonamides is 1. The van der Waals surface area contributed by atoms with Gasteiger partial charge in [0.25, 0.3) is 0 Å². The smallest absolute Gasteiger partial charge is 0.244 e. The summed E-state index contributed by atoms with van der Waals surface area (Å²) in [4.78, 5) is 15.4. The van der Waals surface area contributed by atoms with Crippen molar-refractivity contribution in [2.45, 2.75) is 23.8 Å². The minimum atomic E-state index is -3.77. The van der Waals surface area contributed by atoms with Crippen LogP contribution in [-0.2, 0) is 14.8 Å². The van der Waals surface area contributed by atoms with Crippen LogP contribution in [0.5, 0.6) is 0 Å². The molecule has 2 heterocycles. The van der Waals surface area contributed by atoms with E-state index in [9.17, 15) is 13.2 Å². The van der Waals surface area contributed by atoms with Crippen molar-refractivity contribution in [3.63, 3.8) is 0 Å². The fourth-order valence-electron chi connectivity index (χ4n) is 1.94. The molecule has 0 aromatic carbocycles. The van der Waals surface area contributed by atoms with E-state index in [0.717, 1.165) is 6.42 Å². The number of rotatable bonds is 4. The maximum Gasteiger partial charge on any atom is 0.244 e. The summed E-state index contributed by atoms with van der Waals surface area (Å²) >= 11 is 0. The van der Waals surface area contributed by atoms with Crippen LogP contribution in [0.3, 0.4) is 0 Å². The first-order valence-electron chi connectivity index (χ1n) is 5.96.